The Kier molecular flexibility index (Phi) is 6.40. The lowest BCUT2D eigenvalue weighted by molar-refractivity contribution is -0.146. The van der Waals surface area contributed by atoms with Gasteiger partial charge in [0, 0.05) is 19.6 Å². The maximum Gasteiger partial charge on any atom is 0.323 e. The number of H-pyrrole nitrogens is 1. The number of carbonyl (C=O) groups is 2. The van der Waals surface area contributed by atoms with E-state index in [1.54, 1.807) is 13.8 Å². The molecule has 26 heavy (non-hydrogen) atoms. The minimum Gasteiger partial charge on any atom is -0.480 e. The molecule has 2 N–H and O–H groups in total. The fourth-order valence-electron chi connectivity index (χ4n) is 3.37. The summed E-state index contributed by atoms with van der Waals surface area (Å²) in [7, 11) is -3.75. The van der Waals surface area contributed by atoms with E-state index in [0.717, 1.165) is 0 Å². The number of aliphatic carboxylic acids is 1. The van der Waals surface area contributed by atoms with Gasteiger partial charge >= 0.3 is 5.97 Å². The molecule has 1 fully saturated rings. The van der Waals surface area contributed by atoms with E-state index >= 15 is 0 Å². The standard InChI is InChI=1S/C16H26N4O5S/c1-4-7-19(10-14(21)22)16(23)13-6-5-8-20(9-13)26(24,25)15-11(2)17-18-12(15)3/h13H,4-10H2,1-3H3,(H,17,18)(H,21,22). The van der Waals surface area contributed by atoms with Gasteiger partial charge in [-0.25, -0.2) is 8.42 Å². The van der Waals surface area contributed by atoms with Crippen molar-refractivity contribution in [2.24, 2.45) is 5.92 Å². The first-order valence-corrected chi connectivity index (χ1v) is 10.1. The SMILES string of the molecule is CCCN(CC(=O)O)C(=O)C1CCCN(S(=O)(=O)c2c(C)n[nH]c2C)C1. The molecule has 1 amide bonds. The quantitative estimate of drug-likeness (QED) is 0.713. The molecule has 1 aliphatic rings. The highest BCUT2D eigenvalue weighted by Crippen LogP contribution is 2.27. The van der Waals surface area contributed by atoms with Gasteiger partial charge in [0.15, 0.2) is 0 Å². The molecule has 0 radical (unpaired) electrons. The van der Waals surface area contributed by atoms with Crippen molar-refractivity contribution < 1.29 is 23.1 Å². The zero-order chi connectivity index (χ0) is 19.5. The lowest BCUT2D eigenvalue weighted by atomic mass is 9.98. The molecule has 0 aromatic carbocycles. The molecule has 2 rings (SSSR count). The highest BCUT2D eigenvalue weighted by molar-refractivity contribution is 7.89. The van der Waals surface area contributed by atoms with E-state index in [9.17, 15) is 18.0 Å². The van der Waals surface area contributed by atoms with Crippen LogP contribution in [0.4, 0.5) is 0 Å². The molecule has 1 saturated heterocycles. The van der Waals surface area contributed by atoms with Crippen LogP contribution in [0.1, 0.15) is 37.6 Å². The number of carbonyl (C=O) groups excluding carboxylic acids is 1. The maximum absolute atomic E-state index is 13.0. The van der Waals surface area contributed by atoms with E-state index < -0.39 is 21.9 Å². The number of hydrogen-bond donors (Lipinski definition) is 2. The largest absolute Gasteiger partial charge is 0.480 e. The van der Waals surface area contributed by atoms with Crippen molar-refractivity contribution >= 4 is 21.9 Å². The maximum atomic E-state index is 13.0. The van der Waals surface area contributed by atoms with Crippen molar-refractivity contribution in [2.45, 2.75) is 44.9 Å². The number of nitrogens with zero attached hydrogens (tertiary/aromatic N) is 3. The Hall–Kier alpha value is -1.94. The number of sulfonamides is 1. The zero-order valence-electron chi connectivity index (χ0n) is 15.4. The third-order valence-corrected chi connectivity index (χ3v) is 6.65. The second kappa shape index (κ2) is 8.17. The number of nitrogens with one attached hydrogen (secondary N) is 1. The summed E-state index contributed by atoms with van der Waals surface area (Å²) in [6.07, 6.45) is 1.74. The van der Waals surface area contributed by atoms with Gasteiger partial charge in [0.25, 0.3) is 0 Å². The van der Waals surface area contributed by atoms with Gasteiger partial charge in [0.05, 0.1) is 17.3 Å². The number of hydrogen-bond acceptors (Lipinski definition) is 5. The van der Waals surface area contributed by atoms with Crippen LogP contribution >= 0.6 is 0 Å². The highest BCUT2D eigenvalue weighted by Gasteiger charge is 2.37. The van der Waals surface area contributed by atoms with Crippen LogP contribution in [-0.4, -0.2) is 71.0 Å². The van der Waals surface area contributed by atoms with Gasteiger partial charge in [-0.05, 0) is 33.1 Å². The summed E-state index contributed by atoms with van der Waals surface area (Å²) < 4.78 is 27.3. The van der Waals surface area contributed by atoms with Gasteiger partial charge in [0.1, 0.15) is 11.4 Å². The first-order valence-electron chi connectivity index (χ1n) is 8.70. The molecular weight excluding hydrogens is 360 g/mol. The van der Waals surface area contributed by atoms with E-state index in [2.05, 4.69) is 10.2 Å². The monoisotopic (exact) mass is 386 g/mol. The van der Waals surface area contributed by atoms with E-state index in [-0.39, 0.29) is 23.9 Å². The van der Waals surface area contributed by atoms with Gasteiger partial charge in [-0.3, -0.25) is 14.7 Å². The van der Waals surface area contributed by atoms with Crippen molar-refractivity contribution in [1.29, 1.82) is 0 Å². The van der Waals surface area contributed by atoms with Gasteiger partial charge < -0.3 is 10.0 Å². The minimum atomic E-state index is -3.75. The Morgan fingerprint density at radius 1 is 1.38 bits per heavy atom. The summed E-state index contributed by atoms with van der Waals surface area (Å²) in [5, 5.41) is 15.6. The van der Waals surface area contributed by atoms with Crippen molar-refractivity contribution in [3.05, 3.63) is 11.4 Å². The second-order valence-corrected chi connectivity index (χ2v) is 8.49. The van der Waals surface area contributed by atoms with Crippen LogP contribution in [0.15, 0.2) is 4.90 Å². The summed E-state index contributed by atoms with van der Waals surface area (Å²) >= 11 is 0. The molecule has 1 aromatic rings. The third kappa shape index (κ3) is 4.24. The van der Waals surface area contributed by atoms with Gasteiger partial charge in [-0.1, -0.05) is 6.92 Å². The van der Waals surface area contributed by atoms with Crippen LogP contribution in [0.25, 0.3) is 0 Å². The minimum absolute atomic E-state index is 0.0606. The molecule has 0 aliphatic carbocycles. The van der Waals surface area contributed by atoms with E-state index in [1.807, 2.05) is 6.92 Å². The summed E-state index contributed by atoms with van der Waals surface area (Å²) in [5.41, 5.74) is 0.865. The number of rotatable bonds is 7. The van der Waals surface area contributed by atoms with Crippen LogP contribution in [0.2, 0.25) is 0 Å². The smallest absolute Gasteiger partial charge is 0.323 e. The summed E-state index contributed by atoms with van der Waals surface area (Å²) in [6.45, 7) is 5.51. The van der Waals surface area contributed by atoms with Crippen molar-refractivity contribution in [3.8, 4) is 0 Å². The first kappa shape index (κ1) is 20.4. The van der Waals surface area contributed by atoms with E-state index in [1.165, 1.54) is 9.21 Å². The second-order valence-electron chi connectivity index (χ2n) is 6.62. The fraction of sp³-hybridized carbons (Fsp3) is 0.688. The highest BCUT2D eigenvalue weighted by atomic mass is 32.2. The Morgan fingerprint density at radius 2 is 2.08 bits per heavy atom. The number of amides is 1. The molecule has 9 nitrogen and oxygen atoms in total. The molecule has 1 unspecified atom stereocenters. The predicted molar refractivity (Wildman–Crippen MR) is 94.1 cm³/mol. The summed E-state index contributed by atoms with van der Waals surface area (Å²) in [6, 6.07) is 0. The third-order valence-electron chi connectivity index (χ3n) is 4.52. The molecular formula is C16H26N4O5S. The van der Waals surface area contributed by atoms with E-state index in [4.69, 9.17) is 5.11 Å². The van der Waals surface area contributed by atoms with Crippen molar-refractivity contribution in [2.75, 3.05) is 26.2 Å². The number of carboxylic acid groups (broad SMARTS) is 1. The molecule has 0 saturated carbocycles. The van der Waals surface area contributed by atoms with Gasteiger partial charge in [-0.2, -0.15) is 9.40 Å². The molecule has 1 aliphatic heterocycles. The van der Waals surface area contributed by atoms with Crippen LogP contribution in [0.3, 0.4) is 0 Å². The predicted octanol–water partition coefficient (Wildman–Crippen LogP) is 0.750. The molecule has 1 atom stereocenters. The molecule has 0 bridgehead atoms. The van der Waals surface area contributed by atoms with Crippen LogP contribution in [0.5, 0.6) is 0 Å². The lowest BCUT2D eigenvalue weighted by Gasteiger charge is -2.34. The number of piperidine rings is 1. The molecule has 10 heteroatoms. The average molecular weight is 386 g/mol. The molecule has 146 valence electrons. The number of aromatic amines is 1. The van der Waals surface area contributed by atoms with Crippen molar-refractivity contribution in [3.63, 3.8) is 0 Å². The first-order chi connectivity index (χ1) is 12.2. The van der Waals surface area contributed by atoms with Crippen LogP contribution in [0, 0.1) is 19.8 Å². The van der Waals surface area contributed by atoms with Gasteiger partial charge in [0.2, 0.25) is 15.9 Å². The number of aromatic nitrogens is 2. The Bertz CT molecular complexity index is 754. The average Bonchev–Trinajstić information content (AvgIpc) is 2.93. The van der Waals surface area contributed by atoms with Crippen LogP contribution < -0.4 is 0 Å². The summed E-state index contributed by atoms with van der Waals surface area (Å²) in [4.78, 5) is 25.2. The fourth-order valence-corrected chi connectivity index (χ4v) is 5.23. The summed E-state index contributed by atoms with van der Waals surface area (Å²) in [5.74, 6) is -1.90. The van der Waals surface area contributed by atoms with E-state index in [0.29, 0.717) is 43.7 Å². The van der Waals surface area contributed by atoms with Crippen molar-refractivity contribution in [1.82, 2.24) is 19.4 Å². The molecule has 0 spiro atoms. The Balaban J connectivity index is 2.20. The Morgan fingerprint density at radius 3 is 2.62 bits per heavy atom. The zero-order valence-corrected chi connectivity index (χ0v) is 16.2. The number of carboxylic acids is 1. The van der Waals surface area contributed by atoms with Crippen LogP contribution in [-0.2, 0) is 19.6 Å². The number of aryl methyl sites for hydroxylation is 2. The molecule has 2 heterocycles. The van der Waals surface area contributed by atoms with Gasteiger partial charge in [-0.15, -0.1) is 0 Å². The normalized spacial score (nSPS) is 18.7. The topological polar surface area (TPSA) is 124 Å². The lowest BCUT2D eigenvalue weighted by Crippen LogP contribution is -2.48. The molecule has 1 aromatic heterocycles. The Labute approximate surface area is 153 Å².